The third-order valence-corrected chi connectivity index (χ3v) is 3.48. The van der Waals surface area contributed by atoms with E-state index < -0.39 is 0 Å². The quantitative estimate of drug-likeness (QED) is 0.587. The first-order valence-electron chi connectivity index (χ1n) is 7.25. The first-order chi connectivity index (χ1) is 8.76. The number of nitrogens with one attached hydrogen (secondary N) is 1. The molecule has 0 bridgehead atoms. The van der Waals surface area contributed by atoms with Crippen LogP contribution in [-0.4, -0.2) is 36.9 Å². The Morgan fingerprint density at radius 1 is 1.28 bits per heavy atom. The van der Waals surface area contributed by atoms with Crippen molar-refractivity contribution in [3.63, 3.8) is 0 Å². The van der Waals surface area contributed by atoms with Crippen LogP contribution in [0.25, 0.3) is 0 Å². The van der Waals surface area contributed by atoms with Gasteiger partial charge < -0.3 is 15.2 Å². The van der Waals surface area contributed by atoms with E-state index in [4.69, 9.17) is 9.84 Å². The Bertz CT molecular complexity index is 227. The number of aliphatic hydroxyl groups is 1. The van der Waals surface area contributed by atoms with Crippen LogP contribution in [0.4, 0.5) is 0 Å². The van der Waals surface area contributed by atoms with Gasteiger partial charge in [0.05, 0.1) is 6.10 Å². The second-order valence-corrected chi connectivity index (χ2v) is 5.11. The van der Waals surface area contributed by atoms with Crippen molar-refractivity contribution in [3.8, 4) is 0 Å². The van der Waals surface area contributed by atoms with Gasteiger partial charge >= 0.3 is 0 Å². The fourth-order valence-corrected chi connectivity index (χ4v) is 2.37. The first-order valence-corrected chi connectivity index (χ1v) is 7.25. The van der Waals surface area contributed by atoms with E-state index in [2.05, 4.69) is 5.32 Å². The van der Waals surface area contributed by atoms with Crippen molar-refractivity contribution in [1.29, 1.82) is 0 Å². The molecule has 4 nitrogen and oxygen atoms in total. The maximum atomic E-state index is 11.6. The highest BCUT2D eigenvalue weighted by Gasteiger charge is 2.30. The highest BCUT2D eigenvalue weighted by Crippen LogP contribution is 2.32. The van der Waals surface area contributed by atoms with E-state index in [0.29, 0.717) is 18.4 Å². The number of hydrogen-bond acceptors (Lipinski definition) is 3. The Labute approximate surface area is 110 Å². The summed E-state index contributed by atoms with van der Waals surface area (Å²) < 4.78 is 5.47. The van der Waals surface area contributed by atoms with Crippen molar-refractivity contribution in [1.82, 2.24) is 5.32 Å². The topological polar surface area (TPSA) is 58.6 Å². The molecule has 4 heteroatoms. The SMILES string of the molecule is CCOC1CC(CC(=O)NCCCCCCO)C1. The zero-order valence-electron chi connectivity index (χ0n) is 11.5. The van der Waals surface area contributed by atoms with E-state index in [-0.39, 0.29) is 12.5 Å². The number of unbranched alkanes of at least 4 members (excludes halogenated alkanes) is 3. The van der Waals surface area contributed by atoms with Gasteiger partial charge in [-0.05, 0) is 38.5 Å². The molecule has 0 aliphatic heterocycles. The second kappa shape index (κ2) is 9.34. The van der Waals surface area contributed by atoms with Gasteiger partial charge in [0.15, 0.2) is 0 Å². The van der Waals surface area contributed by atoms with E-state index in [1.807, 2.05) is 6.92 Å². The Morgan fingerprint density at radius 3 is 2.67 bits per heavy atom. The fourth-order valence-electron chi connectivity index (χ4n) is 2.37. The van der Waals surface area contributed by atoms with Crippen molar-refractivity contribution in [2.45, 2.75) is 58.0 Å². The van der Waals surface area contributed by atoms with Crippen molar-refractivity contribution < 1.29 is 14.6 Å². The minimum Gasteiger partial charge on any atom is -0.396 e. The molecular weight excluding hydrogens is 230 g/mol. The number of hydrogen-bond donors (Lipinski definition) is 2. The van der Waals surface area contributed by atoms with Gasteiger partial charge in [0.2, 0.25) is 5.91 Å². The Kier molecular flexibility index (Phi) is 8.01. The van der Waals surface area contributed by atoms with Gasteiger partial charge in [0.1, 0.15) is 0 Å². The summed E-state index contributed by atoms with van der Waals surface area (Å²) in [6, 6.07) is 0. The molecule has 0 aromatic carbocycles. The third-order valence-electron chi connectivity index (χ3n) is 3.48. The molecule has 0 spiro atoms. The number of ether oxygens (including phenoxy) is 1. The van der Waals surface area contributed by atoms with Gasteiger partial charge in [-0.25, -0.2) is 0 Å². The lowest BCUT2D eigenvalue weighted by Crippen LogP contribution is -2.36. The molecule has 0 aromatic rings. The van der Waals surface area contributed by atoms with E-state index >= 15 is 0 Å². The molecule has 0 atom stereocenters. The molecule has 0 radical (unpaired) electrons. The molecule has 1 aliphatic rings. The summed E-state index contributed by atoms with van der Waals surface area (Å²) in [7, 11) is 0. The van der Waals surface area contributed by atoms with Crippen LogP contribution in [0.2, 0.25) is 0 Å². The Hall–Kier alpha value is -0.610. The van der Waals surface area contributed by atoms with Crippen LogP contribution in [0.3, 0.4) is 0 Å². The van der Waals surface area contributed by atoms with E-state index in [1.54, 1.807) is 0 Å². The van der Waals surface area contributed by atoms with E-state index in [0.717, 1.165) is 51.7 Å². The van der Waals surface area contributed by atoms with Crippen LogP contribution >= 0.6 is 0 Å². The summed E-state index contributed by atoms with van der Waals surface area (Å²) in [5.41, 5.74) is 0. The molecule has 1 fully saturated rings. The smallest absolute Gasteiger partial charge is 0.220 e. The lowest BCUT2D eigenvalue weighted by molar-refractivity contribution is -0.124. The largest absolute Gasteiger partial charge is 0.396 e. The molecule has 106 valence electrons. The lowest BCUT2D eigenvalue weighted by atomic mass is 9.80. The molecule has 0 unspecified atom stereocenters. The zero-order valence-corrected chi connectivity index (χ0v) is 11.5. The summed E-state index contributed by atoms with van der Waals surface area (Å²) in [6.45, 7) is 3.83. The summed E-state index contributed by atoms with van der Waals surface area (Å²) in [6.07, 6.45) is 7.14. The molecule has 0 saturated heterocycles. The van der Waals surface area contributed by atoms with Gasteiger partial charge in [-0.2, -0.15) is 0 Å². The van der Waals surface area contributed by atoms with E-state index in [9.17, 15) is 4.79 Å². The molecule has 1 rings (SSSR count). The normalized spacial score (nSPS) is 22.6. The number of rotatable bonds is 10. The molecule has 1 aliphatic carbocycles. The number of carbonyl (C=O) groups excluding carboxylic acids is 1. The Morgan fingerprint density at radius 2 is 2.00 bits per heavy atom. The molecule has 1 saturated carbocycles. The molecule has 0 heterocycles. The van der Waals surface area contributed by atoms with Crippen LogP contribution in [-0.2, 0) is 9.53 Å². The highest BCUT2D eigenvalue weighted by molar-refractivity contribution is 5.76. The maximum Gasteiger partial charge on any atom is 0.220 e. The van der Waals surface area contributed by atoms with Crippen molar-refractivity contribution in [2.75, 3.05) is 19.8 Å². The standard InChI is InChI=1S/C14H27NO3/c1-2-18-13-9-12(10-13)11-14(17)15-7-5-3-4-6-8-16/h12-13,16H,2-11H2,1H3,(H,15,17). The molecule has 18 heavy (non-hydrogen) atoms. The molecule has 0 aromatic heterocycles. The van der Waals surface area contributed by atoms with Gasteiger partial charge in [0, 0.05) is 26.2 Å². The monoisotopic (exact) mass is 257 g/mol. The predicted octanol–water partition coefficient (Wildman–Crippen LogP) is 1.86. The predicted molar refractivity (Wildman–Crippen MR) is 71.3 cm³/mol. The fraction of sp³-hybridized carbons (Fsp3) is 0.929. The Balaban J connectivity index is 1.89. The van der Waals surface area contributed by atoms with Crippen LogP contribution in [0.5, 0.6) is 0 Å². The molecular formula is C14H27NO3. The van der Waals surface area contributed by atoms with Gasteiger partial charge in [-0.1, -0.05) is 12.8 Å². The van der Waals surface area contributed by atoms with Gasteiger partial charge in [-0.15, -0.1) is 0 Å². The average molecular weight is 257 g/mol. The van der Waals surface area contributed by atoms with Gasteiger partial charge in [0.25, 0.3) is 0 Å². The summed E-state index contributed by atoms with van der Waals surface area (Å²) >= 11 is 0. The number of amides is 1. The van der Waals surface area contributed by atoms with Crippen LogP contribution in [0, 0.1) is 5.92 Å². The summed E-state index contributed by atoms with van der Waals surface area (Å²) in [4.78, 5) is 11.6. The van der Waals surface area contributed by atoms with Crippen LogP contribution < -0.4 is 5.32 Å². The lowest BCUT2D eigenvalue weighted by Gasteiger charge is -2.34. The van der Waals surface area contributed by atoms with Crippen molar-refractivity contribution >= 4 is 5.91 Å². The second-order valence-electron chi connectivity index (χ2n) is 5.11. The zero-order chi connectivity index (χ0) is 13.2. The first kappa shape index (κ1) is 15.4. The molecule has 1 amide bonds. The van der Waals surface area contributed by atoms with Crippen LogP contribution in [0.1, 0.15) is 51.9 Å². The number of aliphatic hydroxyl groups excluding tert-OH is 1. The van der Waals surface area contributed by atoms with Gasteiger partial charge in [-0.3, -0.25) is 4.79 Å². The third kappa shape index (κ3) is 6.36. The summed E-state index contributed by atoms with van der Waals surface area (Å²) in [5, 5.41) is 11.6. The van der Waals surface area contributed by atoms with Crippen LogP contribution in [0.15, 0.2) is 0 Å². The average Bonchev–Trinajstić information content (AvgIpc) is 2.31. The molecule has 2 N–H and O–H groups in total. The minimum atomic E-state index is 0.178. The van der Waals surface area contributed by atoms with E-state index in [1.165, 1.54) is 0 Å². The number of carbonyl (C=O) groups is 1. The minimum absolute atomic E-state index is 0.178. The highest BCUT2D eigenvalue weighted by atomic mass is 16.5. The maximum absolute atomic E-state index is 11.6. The van der Waals surface area contributed by atoms with Crippen molar-refractivity contribution in [3.05, 3.63) is 0 Å². The summed E-state index contributed by atoms with van der Waals surface area (Å²) in [5.74, 6) is 0.702. The van der Waals surface area contributed by atoms with Crippen molar-refractivity contribution in [2.24, 2.45) is 5.92 Å².